The zero-order valence-corrected chi connectivity index (χ0v) is 43.0. The van der Waals surface area contributed by atoms with Gasteiger partial charge in [0.1, 0.15) is 6.61 Å². The van der Waals surface area contributed by atoms with Gasteiger partial charge in [0.2, 0.25) is 0 Å². The summed E-state index contributed by atoms with van der Waals surface area (Å²) in [6.45, 7) is 3.45. The summed E-state index contributed by atoms with van der Waals surface area (Å²) in [5, 5.41) is 0. The molecule has 0 saturated carbocycles. The van der Waals surface area contributed by atoms with Crippen LogP contribution in [0.4, 0.5) is 0 Å². The van der Waals surface area contributed by atoms with Crippen LogP contribution in [0.15, 0.2) is 122 Å². The zero-order valence-electron chi connectivity index (χ0n) is 42.1. The van der Waals surface area contributed by atoms with Gasteiger partial charge in [-0.25, -0.2) is 4.57 Å². The third-order valence-electron chi connectivity index (χ3n) is 10.3. The molecule has 10 heteroatoms. The maximum Gasteiger partial charge on any atom is 0.472 e. The first-order valence-electron chi connectivity index (χ1n) is 26.0. The Hall–Kier alpha value is -3.59. The summed E-state index contributed by atoms with van der Waals surface area (Å²) in [6, 6.07) is 0. The van der Waals surface area contributed by atoms with Crippen molar-refractivity contribution in [2.45, 2.75) is 200 Å². The Labute approximate surface area is 409 Å². The van der Waals surface area contributed by atoms with Gasteiger partial charge >= 0.3 is 19.8 Å². The fourth-order valence-corrected chi connectivity index (χ4v) is 7.34. The van der Waals surface area contributed by atoms with Gasteiger partial charge < -0.3 is 20.1 Å². The van der Waals surface area contributed by atoms with Crippen molar-refractivity contribution >= 4 is 19.8 Å². The zero-order chi connectivity index (χ0) is 48.8. The molecule has 0 aliphatic heterocycles. The molecule has 0 aliphatic rings. The summed E-state index contributed by atoms with van der Waals surface area (Å²) in [5.41, 5.74) is 5.36. The first kappa shape index (κ1) is 63.4. The van der Waals surface area contributed by atoms with Crippen LogP contribution in [0.2, 0.25) is 0 Å². The minimum absolute atomic E-state index is 0.0427. The van der Waals surface area contributed by atoms with E-state index in [1.807, 2.05) is 0 Å². The highest BCUT2D eigenvalue weighted by atomic mass is 31.2. The molecule has 0 bridgehead atoms. The molecule has 0 aromatic heterocycles. The first-order valence-corrected chi connectivity index (χ1v) is 27.5. The van der Waals surface area contributed by atoms with Gasteiger partial charge in [-0.2, -0.15) is 0 Å². The molecule has 0 rings (SSSR count). The number of unbranched alkanes of at least 4 members (excludes halogenated alkanes) is 14. The van der Waals surface area contributed by atoms with E-state index in [0.29, 0.717) is 12.8 Å². The molecule has 2 unspecified atom stereocenters. The second-order valence-corrected chi connectivity index (χ2v) is 18.1. The Morgan fingerprint density at radius 2 is 0.776 bits per heavy atom. The van der Waals surface area contributed by atoms with Crippen LogP contribution < -0.4 is 5.73 Å². The largest absolute Gasteiger partial charge is 0.472 e. The van der Waals surface area contributed by atoms with Crippen LogP contribution in [0.5, 0.6) is 0 Å². The number of esters is 2. The molecule has 67 heavy (non-hydrogen) atoms. The van der Waals surface area contributed by atoms with E-state index in [1.54, 1.807) is 0 Å². The average Bonchev–Trinajstić information content (AvgIpc) is 3.32. The fraction of sp³-hybridized carbons (Fsp3) is 0.614. The third-order valence-corrected chi connectivity index (χ3v) is 11.3. The molecular formula is C57H94NO8P. The van der Waals surface area contributed by atoms with Crippen LogP contribution >= 0.6 is 7.82 Å². The van der Waals surface area contributed by atoms with E-state index in [-0.39, 0.29) is 32.6 Å². The van der Waals surface area contributed by atoms with Crippen molar-refractivity contribution in [3.8, 4) is 0 Å². The summed E-state index contributed by atoms with van der Waals surface area (Å²) in [7, 11) is -4.40. The lowest BCUT2D eigenvalue weighted by Gasteiger charge is -2.19. The molecule has 0 amide bonds. The van der Waals surface area contributed by atoms with Gasteiger partial charge in [-0.15, -0.1) is 0 Å². The summed E-state index contributed by atoms with van der Waals surface area (Å²) in [4.78, 5) is 35.0. The van der Waals surface area contributed by atoms with E-state index in [2.05, 4.69) is 135 Å². The maximum atomic E-state index is 12.7. The third kappa shape index (κ3) is 51.6. The van der Waals surface area contributed by atoms with E-state index in [9.17, 15) is 19.0 Å². The molecule has 0 aromatic carbocycles. The molecule has 9 nitrogen and oxygen atoms in total. The number of carbonyl (C=O) groups excluding carboxylic acids is 2. The Kier molecular flexibility index (Phi) is 49.0. The van der Waals surface area contributed by atoms with E-state index >= 15 is 0 Å². The lowest BCUT2D eigenvalue weighted by Crippen LogP contribution is -2.29. The molecule has 0 aromatic rings. The van der Waals surface area contributed by atoms with Crippen molar-refractivity contribution in [2.75, 3.05) is 26.4 Å². The van der Waals surface area contributed by atoms with Crippen LogP contribution in [0.3, 0.4) is 0 Å². The Bertz CT molecular complexity index is 1500. The van der Waals surface area contributed by atoms with Crippen molar-refractivity contribution < 1.29 is 37.6 Å². The fourth-order valence-electron chi connectivity index (χ4n) is 6.57. The van der Waals surface area contributed by atoms with Crippen molar-refractivity contribution in [1.29, 1.82) is 0 Å². The molecule has 0 aliphatic carbocycles. The Balaban J connectivity index is 4.01. The summed E-state index contributed by atoms with van der Waals surface area (Å²) < 4.78 is 32.8. The molecule has 0 heterocycles. The highest BCUT2D eigenvalue weighted by Crippen LogP contribution is 2.43. The second kappa shape index (κ2) is 51.8. The molecule has 2 atom stereocenters. The number of allylic oxidation sites excluding steroid dienone is 20. The van der Waals surface area contributed by atoms with Crippen molar-refractivity contribution in [3.63, 3.8) is 0 Å². The number of phosphoric acid groups is 1. The van der Waals surface area contributed by atoms with Gasteiger partial charge in [-0.05, 0) is 103 Å². The van der Waals surface area contributed by atoms with Crippen LogP contribution in [-0.4, -0.2) is 49.3 Å². The van der Waals surface area contributed by atoms with E-state index in [1.165, 1.54) is 44.9 Å². The molecule has 0 fully saturated rings. The van der Waals surface area contributed by atoms with E-state index in [4.69, 9.17) is 24.3 Å². The van der Waals surface area contributed by atoms with Gasteiger partial charge in [0.25, 0.3) is 0 Å². The summed E-state index contributed by atoms with van der Waals surface area (Å²) >= 11 is 0. The molecule has 0 radical (unpaired) electrons. The molecule has 380 valence electrons. The first-order chi connectivity index (χ1) is 32.8. The lowest BCUT2D eigenvalue weighted by atomic mass is 10.0. The Morgan fingerprint density at radius 3 is 1.16 bits per heavy atom. The molecule has 0 spiro atoms. The van der Waals surface area contributed by atoms with Crippen LogP contribution in [0, 0.1) is 0 Å². The number of hydrogen-bond acceptors (Lipinski definition) is 8. The van der Waals surface area contributed by atoms with Gasteiger partial charge in [0.05, 0.1) is 13.2 Å². The summed E-state index contributed by atoms with van der Waals surface area (Å²) in [5.74, 6) is -0.875. The monoisotopic (exact) mass is 952 g/mol. The second-order valence-electron chi connectivity index (χ2n) is 16.6. The topological polar surface area (TPSA) is 134 Å². The molecule has 0 saturated heterocycles. The number of phosphoric ester groups is 1. The van der Waals surface area contributed by atoms with Crippen LogP contribution in [0.1, 0.15) is 194 Å². The van der Waals surface area contributed by atoms with Crippen LogP contribution in [-0.2, 0) is 32.7 Å². The van der Waals surface area contributed by atoms with Crippen molar-refractivity contribution in [2.24, 2.45) is 5.73 Å². The van der Waals surface area contributed by atoms with Gasteiger partial charge in [-0.1, -0.05) is 200 Å². The maximum absolute atomic E-state index is 12.7. The normalized spacial score (nSPS) is 14.1. The smallest absolute Gasteiger partial charge is 0.462 e. The minimum Gasteiger partial charge on any atom is -0.462 e. The predicted octanol–water partition coefficient (Wildman–Crippen LogP) is 16.1. The van der Waals surface area contributed by atoms with Gasteiger partial charge in [0.15, 0.2) is 6.10 Å². The number of rotatable bonds is 47. The van der Waals surface area contributed by atoms with Gasteiger partial charge in [0, 0.05) is 19.4 Å². The quantitative estimate of drug-likeness (QED) is 0.0265. The SMILES string of the molecule is CC/C=C\C/C=C\C/C=C\C/C=C\C/C=C\C/C=C\C/C=C\CCCCCCCCCCCCCC(=O)OC(COC(=O)CCCCC/C=C\C/C=C\C/C=C\CC)COP(=O)(O)OCCN. The Morgan fingerprint density at radius 1 is 0.448 bits per heavy atom. The highest BCUT2D eigenvalue weighted by Gasteiger charge is 2.26. The van der Waals surface area contributed by atoms with Crippen LogP contribution in [0.25, 0.3) is 0 Å². The number of nitrogens with two attached hydrogens (primary N) is 1. The standard InChI is InChI=1S/C57H94NO8P/c1-3-5-7-9-11-13-15-17-18-19-20-21-22-23-24-25-26-27-28-29-30-31-32-33-34-35-36-38-40-42-44-46-48-50-57(60)66-55(54-65-67(61,62)64-52-51-58)53-63-56(59)49-47-45-43-41-39-37-16-14-12-10-8-6-4-2/h5-8,11-14,17-18,20-21,23-24,26-27,29-30,37,39,55H,3-4,9-10,15-16,19,22,25,28,31-36,38,40-54,58H2,1-2H3,(H,61,62)/b7-5-,8-6-,13-11-,14-12-,18-17-,21-20-,24-23-,27-26-,30-29-,39-37-. The van der Waals surface area contributed by atoms with Gasteiger partial charge in [-0.3, -0.25) is 18.6 Å². The minimum atomic E-state index is -4.40. The predicted molar refractivity (Wildman–Crippen MR) is 284 cm³/mol. The summed E-state index contributed by atoms with van der Waals surface area (Å²) in [6.07, 6.45) is 71.1. The number of carbonyl (C=O) groups is 2. The van der Waals surface area contributed by atoms with Crippen molar-refractivity contribution in [1.82, 2.24) is 0 Å². The number of hydrogen-bond donors (Lipinski definition) is 2. The highest BCUT2D eigenvalue weighted by molar-refractivity contribution is 7.47. The van der Waals surface area contributed by atoms with Crippen molar-refractivity contribution in [3.05, 3.63) is 122 Å². The van der Waals surface area contributed by atoms with E-state index in [0.717, 1.165) is 109 Å². The number of ether oxygens (including phenoxy) is 2. The molecule has 3 N–H and O–H groups in total. The average molecular weight is 952 g/mol. The lowest BCUT2D eigenvalue weighted by molar-refractivity contribution is -0.161. The molecular weight excluding hydrogens is 858 g/mol. The van der Waals surface area contributed by atoms with E-state index < -0.39 is 32.5 Å².